The van der Waals surface area contributed by atoms with E-state index in [9.17, 15) is 0 Å². The zero-order valence-electron chi connectivity index (χ0n) is 6.41. The molecule has 1 aliphatic heterocycles. The summed E-state index contributed by atoms with van der Waals surface area (Å²) >= 11 is 5.60. The zero-order chi connectivity index (χ0) is 8.72. The summed E-state index contributed by atoms with van der Waals surface area (Å²) in [5.74, 6) is 1.77. The SMILES string of the molecule is C=C1Oc2cnc(Cl)nc2N1C. The highest BCUT2D eigenvalue weighted by Crippen LogP contribution is 2.34. The zero-order valence-corrected chi connectivity index (χ0v) is 7.17. The van der Waals surface area contributed by atoms with Crippen LogP contribution in [0.1, 0.15) is 0 Å². The van der Waals surface area contributed by atoms with Crippen LogP contribution < -0.4 is 9.64 Å². The number of ether oxygens (including phenoxy) is 1. The first-order valence-electron chi connectivity index (χ1n) is 3.31. The van der Waals surface area contributed by atoms with E-state index in [4.69, 9.17) is 16.3 Å². The third kappa shape index (κ3) is 0.921. The molecule has 0 bridgehead atoms. The maximum Gasteiger partial charge on any atom is 0.224 e. The Hall–Kier alpha value is -1.29. The lowest BCUT2D eigenvalue weighted by molar-refractivity contribution is 0.445. The highest BCUT2D eigenvalue weighted by Gasteiger charge is 2.23. The van der Waals surface area contributed by atoms with Crippen LogP contribution in [-0.2, 0) is 0 Å². The third-order valence-electron chi connectivity index (χ3n) is 1.63. The van der Waals surface area contributed by atoms with Crippen LogP contribution in [0.3, 0.4) is 0 Å². The molecule has 2 rings (SSSR count). The maximum atomic E-state index is 5.60. The Bertz CT molecular complexity index is 353. The average Bonchev–Trinajstić information content (AvgIpc) is 2.31. The molecule has 0 spiro atoms. The quantitative estimate of drug-likeness (QED) is 0.571. The minimum absolute atomic E-state index is 0.207. The van der Waals surface area contributed by atoms with Gasteiger partial charge in [-0.15, -0.1) is 0 Å². The number of halogens is 1. The molecule has 5 heteroatoms. The van der Waals surface area contributed by atoms with Gasteiger partial charge in [-0.3, -0.25) is 4.90 Å². The van der Waals surface area contributed by atoms with E-state index in [2.05, 4.69) is 16.5 Å². The Kier molecular flexibility index (Phi) is 1.44. The highest BCUT2D eigenvalue weighted by molar-refractivity contribution is 6.28. The Morgan fingerprint density at radius 2 is 2.42 bits per heavy atom. The van der Waals surface area contributed by atoms with Gasteiger partial charge in [0.1, 0.15) is 0 Å². The van der Waals surface area contributed by atoms with E-state index in [0.717, 1.165) is 0 Å². The van der Waals surface area contributed by atoms with Crippen molar-refractivity contribution < 1.29 is 4.74 Å². The first-order valence-corrected chi connectivity index (χ1v) is 3.69. The Balaban J connectivity index is 2.55. The van der Waals surface area contributed by atoms with E-state index in [1.807, 2.05) is 0 Å². The number of aromatic nitrogens is 2. The van der Waals surface area contributed by atoms with E-state index in [0.29, 0.717) is 17.5 Å². The van der Waals surface area contributed by atoms with E-state index in [-0.39, 0.29) is 5.28 Å². The standard InChI is InChI=1S/C7H6ClN3O/c1-4-11(2)6-5(12-4)3-9-7(8)10-6/h3H,1H2,2H3. The summed E-state index contributed by atoms with van der Waals surface area (Å²) in [7, 11) is 1.80. The van der Waals surface area contributed by atoms with Crippen molar-refractivity contribution in [2.24, 2.45) is 0 Å². The molecule has 0 aliphatic carbocycles. The molecule has 1 aromatic rings. The fourth-order valence-electron chi connectivity index (χ4n) is 0.967. The van der Waals surface area contributed by atoms with Crippen molar-refractivity contribution in [2.45, 2.75) is 0 Å². The first kappa shape index (κ1) is 7.36. The molecule has 0 unspecified atom stereocenters. The van der Waals surface area contributed by atoms with Crippen LogP contribution in [0.15, 0.2) is 18.7 Å². The number of rotatable bonds is 0. The van der Waals surface area contributed by atoms with Gasteiger partial charge in [-0.1, -0.05) is 0 Å². The Morgan fingerprint density at radius 3 is 3.17 bits per heavy atom. The summed E-state index contributed by atoms with van der Waals surface area (Å²) in [6, 6.07) is 0. The van der Waals surface area contributed by atoms with Crippen LogP contribution in [-0.4, -0.2) is 17.0 Å². The first-order chi connectivity index (χ1) is 5.68. The van der Waals surface area contributed by atoms with Gasteiger partial charge in [0.15, 0.2) is 17.5 Å². The number of hydrogen-bond donors (Lipinski definition) is 0. The minimum atomic E-state index is 0.207. The lowest BCUT2D eigenvalue weighted by atomic mass is 10.5. The van der Waals surface area contributed by atoms with E-state index < -0.39 is 0 Å². The van der Waals surface area contributed by atoms with Gasteiger partial charge < -0.3 is 4.74 Å². The summed E-state index contributed by atoms with van der Waals surface area (Å²) in [5, 5.41) is 0.207. The number of nitrogens with zero attached hydrogens (tertiary/aromatic N) is 3. The van der Waals surface area contributed by atoms with Gasteiger partial charge in [-0.2, -0.15) is 4.98 Å². The monoisotopic (exact) mass is 183 g/mol. The van der Waals surface area contributed by atoms with Crippen molar-refractivity contribution in [3.63, 3.8) is 0 Å². The van der Waals surface area contributed by atoms with Gasteiger partial charge in [-0.05, 0) is 18.2 Å². The van der Waals surface area contributed by atoms with Crippen molar-refractivity contribution in [2.75, 3.05) is 11.9 Å². The predicted octanol–water partition coefficient (Wildman–Crippen LogP) is 1.43. The van der Waals surface area contributed by atoms with Crippen LogP contribution in [0.25, 0.3) is 0 Å². The second kappa shape index (κ2) is 2.35. The number of anilines is 1. The summed E-state index contributed by atoms with van der Waals surface area (Å²) in [6.07, 6.45) is 1.53. The van der Waals surface area contributed by atoms with Crippen LogP contribution in [0.5, 0.6) is 5.75 Å². The molecule has 0 atom stereocenters. The second-order valence-electron chi connectivity index (χ2n) is 2.38. The lowest BCUT2D eigenvalue weighted by Crippen LogP contribution is -2.12. The van der Waals surface area contributed by atoms with Gasteiger partial charge >= 0.3 is 0 Å². The predicted molar refractivity (Wildman–Crippen MR) is 45.2 cm³/mol. The molecular weight excluding hydrogens is 178 g/mol. The highest BCUT2D eigenvalue weighted by atomic mass is 35.5. The normalized spacial score (nSPS) is 14.5. The topological polar surface area (TPSA) is 38.3 Å². The summed E-state index contributed by atoms with van der Waals surface area (Å²) in [4.78, 5) is 9.47. The van der Waals surface area contributed by atoms with E-state index >= 15 is 0 Å². The molecule has 12 heavy (non-hydrogen) atoms. The molecule has 1 aliphatic rings. The molecule has 0 radical (unpaired) electrons. The molecule has 4 nitrogen and oxygen atoms in total. The third-order valence-corrected chi connectivity index (χ3v) is 1.81. The van der Waals surface area contributed by atoms with Crippen LogP contribution in [0.2, 0.25) is 5.28 Å². The average molecular weight is 184 g/mol. The number of hydrogen-bond acceptors (Lipinski definition) is 4. The summed E-state index contributed by atoms with van der Waals surface area (Å²) in [6.45, 7) is 3.67. The van der Waals surface area contributed by atoms with Crippen molar-refractivity contribution in [1.29, 1.82) is 0 Å². The summed E-state index contributed by atoms with van der Waals surface area (Å²) in [5.41, 5.74) is 0. The molecule has 0 saturated heterocycles. The molecule has 0 N–H and O–H groups in total. The van der Waals surface area contributed by atoms with Crippen molar-refractivity contribution in [1.82, 2.24) is 9.97 Å². The molecular formula is C7H6ClN3O. The maximum absolute atomic E-state index is 5.60. The molecule has 62 valence electrons. The van der Waals surface area contributed by atoms with Crippen LogP contribution in [0, 0.1) is 0 Å². The largest absolute Gasteiger partial charge is 0.436 e. The molecule has 1 aromatic heterocycles. The fourth-order valence-corrected chi connectivity index (χ4v) is 1.10. The molecule has 0 fully saturated rings. The molecule has 0 aromatic carbocycles. The fraction of sp³-hybridized carbons (Fsp3) is 0.143. The minimum Gasteiger partial charge on any atom is -0.436 e. The van der Waals surface area contributed by atoms with Crippen LogP contribution >= 0.6 is 11.6 Å². The van der Waals surface area contributed by atoms with Gasteiger partial charge in [-0.25, -0.2) is 4.98 Å². The van der Waals surface area contributed by atoms with Crippen molar-refractivity contribution in [3.05, 3.63) is 23.9 Å². The van der Waals surface area contributed by atoms with Gasteiger partial charge in [0.2, 0.25) is 5.28 Å². The Morgan fingerprint density at radius 1 is 1.67 bits per heavy atom. The molecule has 0 saturated carbocycles. The van der Waals surface area contributed by atoms with E-state index in [1.54, 1.807) is 11.9 Å². The van der Waals surface area contributed by atoms with E-state index in [1.165, 1.54) is 6.20 Å². The van der Waals surface area contributed by atoms with Crippen LogP contribution in [0.4, 0.5) is 5.82 Å². The Labute approximate surface area is 74.4 Å². The second-order valence-corrected chi connectivity index (χ2v) is 2.72. The van der Waals surface area contributed by atoms with Gasteiger partial charge in [0.25, 0.3) is 0 Å². The lowest BCUT2D eigenvalue weighted by Gasteiger charge is -2.06. The summed E-state index contributed by atoms with van der Waals surface area (Å²) < 4.78 is 5.22. The van der Waals surface area contributed by atoms with Gasteiger partial charge in [0, 0.05) is 7.05 Å². The molecule has 2 heterocycles. The van der Waals surface area contributed by atoms with Crippen molar-refractivity contribution >= 4 is 17.4 Å². The smallest absolute Gasteiger partial charge is 0.224 e. The number of fused-ring (bicyclic) bond motifs is 1. The van der Waals surface area contributed by atoms with Gasteiger partial charge in [0.05, 0.1) is 6.20 Å². The van der Waals surface area contributed by atoms with Crippen molar-refractivity contribution in [3.8, 4) is 5.75 Å². The molecule has 0 amide bonds.